The first-order valence-corrected chi connectivity index (χ1v) is 4.94. The Balaban J connectivity index is 2.39. The molecule has 1 N–H and O–H groups in total. The number of aromatic nitrogens is 1. The Morgan fingerprint density at radius 1 is 1.71 bits per heavy atom. The van der Waals surface area contributed by atoms with Gasteiger partial charge < -0.3 is 5.11 Å². The van der Waals surface area contributed by atoms with E-state index in [9.17, 15) is 4.79 Å². The van der Waals surface area contributed by atoms with Crippen molar-refractivity contribution in [1.29, 1.82) is 0 Å². The highest BCUT2D eigenvalue weighted by Crippen LogP contribution is 2.33. The van der Waals surface area contributed by atoms with E-state index >= 15 is 0 Å². The molecule has 0 radical (unpaired) electrons. The molecule has 1 atom stereocenters. The van der Waals surface area contributed by atoms with Crippen molar-refractivity contribution >= 4 is 5.97 Å². The number of aromatic carboxylic acids is 1. The standard InChI is InChI=1S/C11H13NO2/c1-2-7-3-4-8-5-9(11(13)14)6-12-10(7)8/h5-7H,2-4H2,1H3,(H,13,14)/t7-/m1/s1. The third kappa shape index (κ3) is 1.39. The number of rotatable bonds is 2. The molecule has 1 aromatic heterocycles. The van der Waals surface area contributed by atoms with Crippen molar-refractivity contribution in [2.75, 3.05) is 0 Å². The molecule has 0 fully saturated rings. The number of carboxylic acids is 1. The second-order valence-electron chi connectivity index (χ2n) is 3.72. The minimum absolute atomic E-state index is 0.306. The highest BCUT2D eigenvalue weighted by atomic mass is 16.4. The maximum Gasteiger partial charge on any atom is 0.337 e. The second-order valence-corrected chi connectivity index (χ2v) is 3.72. The fourth-order valence-electron chi connectivity index (χ4n) is 2.07. The summed E-state index contributed by atoms with van der Waals surface area (Å²) in [5.74, 6) is -0.354. The molecule has 0 unspecified atom stereocenters. The molecule has 0 saturated heterocycles. The summed E-state index contributed by atoms with van der Waals surface area (Å²) in [6, 6.07) is 1.76. The third-order valence-corrected chi connectivity index (χ3v) is 2.89. The predicted molar refractivity (Wildman–Crippen MR) is 52.5 cm³/mol. The molecule has 14 heavy (non-hydrogen) atoms. The van der Waals surface area contributed by atoms with Gasteiger partial charge in [-0.05, 0) is 30.9 Å². The zero-order chi connectivity index (χ0) is 10.1. The van der Waals surface area contributed by atoms with Gasteiger partial charge in [0.1, 0.15) is 0 Å². The van der Waals surface area contributed by atoms with E-state index in [4.69, 9.17) is 5.11 Å². The molecule has 0 aliphatic heterocycles. The molecule has 74 valence electrons. The fraction of sp³-hybridized carbons (Fsp3) is 0.455. The lowest BCUT2D eigenvalue weighted by atomic mass is 10.0. The number of carbonyl (C=O) groups is 1. The lowest BCUT2D eigenvalue weighted by Gasteiger charge is -2.06. The summed E-state index contributed by atoms with van der Waals surface area (Å²) in [6.07, 6.45) is 4.64. The highest BCUT2D eigenvalue weighted by Gasteiger charge is 2.23. The lowest BCUT2D eigenvalue weighted by molar-refractivity contribution is 0.0696. The van der Waals surface area contributed by atoms with Gasteiger partial charge in [0, 0.05) is 17.8 Å². The molecule has 0 bridgehead atoms. The zero-order valence-electron chi connectivity index (χ0n) is 8.16. The van der Waals surface area contributed by atoms with E-state index in [-0.39, 0.29) is 0 Å². The molecular weight excluding hydrogens is 178 g/mol. The van der Waals surface area contributed by atoms with E-state index in [1.165, 1.54) is 6.20 Å². The first-order valence-electron chi connectivity index (χ1n) is 4.94. The number of nitrogens with zero attached hydrogens (tertiary/aromatic N) is 1. The van der Waals surface area contributed by atoms with E-state index in [1.54, 1.807) is 6.07 Å². The summed E-state index contributed by atoms with van der Waals surface area (Å²) in [5.41, 5.74) is 2.54. The van der Waals surface area contributed by atoms with Crippen LogP contribution in [0.5, 0.6) is 0 Å². The zero-order valence-corrected chi connectivity index (χ0v) is 8.16. The maximum atomic E-state index is 10.7. The van der Waals surface area contributed by atoms with Crippen LogP contribution in [-0.4, -0.2) is 16.1 Å². The molecule has 1 aromatic rings. The molecule has 0 amide bonds. The number of fused-ring (bicyclic) bond motifs is 1. The summed E-state index contributed by atoms with van der Waals surface area (Å²) >= 11 is 0. The van der Waals surface area contributed by atoms with Crippen LogP contribution in [0.15, 0.2) is 12.3 Å². The van der Waals surface area contributed by atoms with Gasteiger partial charge in [0.2, 0.25) is 0 Å². The third-order valence-electron chi connectivity index (χ3n) is 2.89. The summed E-state index contributed by atoms with van der Waals surface area (Å²) in [4.78, 5) is 15.0. The van der Waals surface area contributed by atoms with Crippen LogP contribution in [0.4, 0.5) is 0 Å². The number of hydrogen-bond donors (Lipinski definition) is 1. The molecular formula is C11H13NO2. The average molecular weight is 191 g/mol. The Hall–Kier alpha value is -1.38. The molecule has 3 nitrogen and oxygen atoms in total. The molecule has 1 aliphatic rings. The van der Waals surface area contributed by atoms with Crippen molar-refractivity contribution in [2.45, 2.75) is 32.1 Å². The monoisotopic (exact) mass is 191 g/mol. The molecule has 3 heteroatoms. The van der Waals surface area contributed by atoms with Crippen LogP contribution >= 0.6 is 0 Å². The summed E-state index contributed by atoms with van der Waals surface area (Å²) in [6.45, 7) is 2.15. The van der Waals surface area contributed by atoms with Crippen LogP contribution < -0.4 is 0 Å². The SMILES string of the molecule is CC[C@@H]1CCc2cc(C(=O)O)cnc21. The Morgan fingerprint density at radius 3 is 3.14 bits per heavy atom. The van der Waals surface area contributed by atoms with Gasteiger partial charge in [-0.25, -0.2) is 4.79 Å². The van der Waals surface area contributed by atoms with Crippen LogP contribution in [-0.2, 0) is 6.42 Å². The minimum atomic E-state index is -0.889. The second kappa shape index (κ2) is 3.40. The molecule has 1 heterocycles. The van der Waals surface area contributed by atoms with Crippen molar-refractivity contribution < 1.29 is 9.90 Å². The molecule has 1 aliphatic carbocycles. The maximum absolute atomic E-state index is 10.7. The highest BCUT2D eigenvalue weighted by molar-refractivity contribution is 5.87. The first-order chi connectivity index (χ1) is 6.72. The van der Waals surface area contributed by atoms with Crippen molar-refractivity contribution in [3.8, 4) is 0 Å². The van der Waals surface area contributed by atoms with Crippen LogP contribution in [0.1, 0.15) is 47.3 Å². The van der Waals surface area contributed by atoms with E-state index < -0.39 is 5.97 Å². The number of hydrogen-bond acceptors (Lipinski definition) is 2. The van der Waals surface area contributed by atoms with Gasteiger partial charge in [0.15, 0.2) is 0 Å². The van der Waals surface area contributed by atoms with Crippen LogP contribution in [0.2, 0.25) is 0 Å². The smallest absolute Gasteiger partial charge is 0.337 e. The quantitative estimate of drug-likeness (QED) is 0.779. The summed E-state index contributed by atoms with van der Waals surface area (Å²) in [5, 5.41) is 8.80. The van der Waals surface area contributed by atoms with Crippen molar-refractivity contribution in [1.82, 2.24) is 4.98 Å². The first kappa shape index (κ1) is 9.19. The molecule has 0 spiro atoms. The van der Waals surface area contributed by atoms with Gasteiger partial charge >= 0.3 is 5.97 Å². The van der Waals surface area contributed by atoms with E-state index in [0.29, 0.717) is 11.5 Å². The summed E-state index contributed by atoms with van der Waals surface area (Å²) in [7, 11) is 0. The normalized spacial score (nSPS) is 19.4. The fourth-order valence-corrected chi connectivity index (χ4v) is 2.07. The van der Waals surface area contributed by atoms with E-state index in [1.807, 2.05) is 0 Å². The topological polar surface area (TPSA) is 50.2 Å². The van der Waals surface area contributed by atoms with Crippen molar-refractivity contribution in [3.05, 3.63) is 29.1 Å². The Kier molecular flexibility index (Phi) is 2.23. The lowest BCUT2D eigenvalue weighted by Crippen LogP contribution is -2.01. The van der Waals surface area contributed by atoms with Gasteiger partial charge in [0.05, 0.1) is 5.56 Å². The van der Waals surface area contributed by atoms with Crippen molar-refractivity contribution in [3.63, 3.8) is 0 Å². The minimum Gasteiger partial charge on any atom is -0.478 e. The van der Waals surface area contributed by atoms with Crippen molar-refractivity contribution in [2.24, 2.45) is 0 Å². The van der Waals surface area contributed by atoms with E-state index in [0.717, 1.165) is 30.5 Å². The molecule has 2 rings (SSSR count). The Bertz CT molecular complexity index is 374. The summed E-state index contributed by atoms with van der Waals surface area (Å²) < 4.78 is 0. The van der Waals surface area contributed by atoms with Gasteiger partial charge in [-0.2, -0.15) is 0 Å². The molecule has 0 aromatic carbocycles. The Morgan fingerprint density at radius 2 is 2.50 bits per heavy atom. The van der Waals surface area contributed by atoms with Gasteiger partial charge in [-0.3, -0.25) is 4.98 Å². The van der Waals surface area contributed by atoms with Gasteiger partial charge in [-0.15, -0.1) is 0 Å². The van der Waals surface area contributed by atoms with E-state index in [2.05, 4.69) is 11.9 Å². The van der Waals surface area contributed by atoms with Gasteiger partial charge in [-0.1, -0.05) is 6.92 Å². The average Bonchev–Trinajstić information content (AvgIpc) is 2.59. The van der Waals surface area contributed by atoms with Crippen LogP contribution in [0, 0.1) is 0 Å². The molecule has 0 saturated carbocycles. The number of aryl methyl sites for hydroxylation is 1. The Labute approximate surface area is 82.8 Å². The van der Waals surface area contributed by atoms with Crippen LogP contribution in [0.25, 0.3) is 0 Å². The van der Waals surface area contributed by atoms with Gasteiger partial charge in [0.25, 0.3) is 0 Å². The number of carboxylic acid groups (broad SMARTS) is 1. The largest absolute Gasteiger partial charge is 0.478 e. The number of pyridine rings is 1. The predicted octanol–water partition coefficient (Wildman–Crippen LogP) is 2.22. The van der Waals surface area contributed by atoms with Crippen LogP contribution in [0.3, 0.4) is 0 Å².